The Morgan fingerprint density at radius 3 is 1.86 bits per heavy atom. The third kappa shape index (κ3) is 8.00. The molecule has 1 N–H and O–H groups in total. The molecule has 276 valence electrons. The van der Waals surface area contributed by atoms with Crippen molar-refractivity contribution in [1.82, 2.24) is 14.9 Å². The minimum absolute atomic E-state index is 0.0791. The Kier molecular flexibility index (Phi) is 10.9. The molecular weight excluding hydrogens is 692 g/mol. The van der Waals surface area contributed by atoms with E-state index in [2.05, 4.69) is 67.7 Å². The third-order valence-electron chi connectivity index (χ3n) is 10.4. The van der Waals surface area contributed by atoms with Crippen LogP contribution in [0.25, 0.3) is 16.7 Å². The summed E-state index contributed by atoms with van der Waals surface area (Å²) in [5, 5.41) is 1.49. The number of hydrogen-bond donors (Lipinski definition) is 1. The van der Waals surface area contributed by atoms with Gasteiger partial charge >= 0.3 is 6.18 Å². The van der Waals surface area contributed by atoms with Gasteiger partial charge in [-0.1, -0.05) is 54.5 Å². The van der Waals surface area contributed by atoms with Gasteiger partial charge in [-0.25, -0.2) is 13.8 Å². The lowest BCUT2D eigenvalue weighted by atomic mass is 10.1. The van der Waals surface area contributed by atoms with E-state index in [0.717, 1.165) is 29.0 Å². The fourth-order valence-corrected chi connectivity index (χ4v) is 8.01. The summed E-state index contributed by atoms with van der Waals surface area (Å²) in [6.07, 6.45) is -5.06. The van der Waals surface area contributed by atoms with Crippen molar-refractivity contribution in [3.8, 4) is 5.69 Å². The molecular formula is C35H49F5N4O4Si2. The molecule has 1 aliphatic heterocycles. The molecule has 1 aliphatic rings. The highest BCUT2D eigenvalue weighted by molar-refractivity contribution is 6.74. The lowest BCUT2D eigenvalue weighted by Gasteiger charge is -2.42. The van der Waals surface area contributed by atoms with Crippen LogP contribution in [-0.4, -0.2) is 69.6 Å². The molecule has 0 spiro atoms. The molecule has 1 amide bonds. The van der Waals surface area contributed by atoms with E-state index >= 15 is 8.78 Å². The van der Waals surface area contributed by atoms with Gasteiger partial charge in [0.2, 0.25) is 5.43 Å². The summed E-state index contributed by atoms with van der Waals surface area (Å²) in [6, 6.07) is 3.83. The second kappa shape index (κ2) is 13.8. The largest absolute Gasteiger partial charge is 0.409 e. The molecule has 1 saturated heterocycles. The number of anilines is 1. The van der Waals surface area contributed by atoms with E-state index in [1.807, 2.05) is 10.2 Å². The zero-order valence-electron chi connectivity index (χ0n) is 30.7. The maximum Gasteiger partial charge on any atom is 0.408 e. The SMILES string of the molecule is CC[C@@H](NC(=O)c1cn(-c2c(F)cccc2F)c2nc(N3C[C@@H](O[Si](C)(C)C(C)(C)C)[C@H](O[Si](C)(C)C(C)(C)C)C3)ccc2c1=O)C(F)(F)F. The smallest absolute Gasteiger partial charge is 0.408 e. The van der Waals surface area contributed by atoms with Crippen molar-refractivity contribution < 1.29 is 35.6 Å². The van der Waals surface area contributed by atoms with E-state index in [4.69, 9.17) is 13.8 Å². The molecule has 3 aromatic rings. The predicted molar refractivity (Wildman–Crippen MR) is 191 cm³/mol. The Balaban J connectivity index is 1.86. The molecule has 1 aromatic carbocycles. The van der Waals surface area contributed by atoms with Crippen LogP contribution in [0.2, 0.25) is 36.3 Å². The molecule has 0 radical (unpaired) electrons. The van der Waals surface area contributed by atoms with Crippen LogP contribution in [0.1, 0.15) is 65.2 Å². The number of pyridine rings is 2. The van der Waals surface area contributed by atoms with E-state index in [0.29, 0.717) is 18.9 Å². The molecule has 15 heteroatoms. The second-order valence-electron chi connectivity index (χ2n) is 16.1. The van der Waals surface area contributed by atoms with Crippen LogP contribution in [-0.2, 0) is 8.85 Å². The molecule has 0 bridgehead atoms. The van der Waals surface area contributed by atoms with Gasteiger partial charge in [-0.15, -0.1) is 0 Å². The molecule has 0 aliphatic carbocycles. The summed E-state index contributed by atoms with van der Waals surface area (Å²) in [6.45, 7) is 23.6. The van der Waals surface area contributed by atoms with Gasteiger partial charge in [-0.05, 0) is 67.0 Å². The molecule has 1 fully saturated rings. The number of carbonyl (C=O) groups excluding carboxylic acids is 1. The van der Waals surface area contributed by atoms with Crippen LogP contribution < -0.4 is 15.6 Å². The summed E-state index contributed by atoms with van der Waals surface area (Å²) in [5.41, 5.74) is -2.46. The van der Waals surface area contributed by atoms with E-state index in [9.17, 15) is 22.8 Å². The van der Waals surface area contributed by atoms with Gasteiger partial charge < -0.3 is 19.1 Å². The normalized spacial score (nSPS) is 18.5. The molecule has 2 aromatic heterocycles. The first kappa shape index (κ1) is 39.6. The molecule has 0 saturated carbocycles. The molecule has 8 nitrogen and oxygen atoms in total. The highest BCUT2D eigenvalue weighted by Gasteiger charge is 2.48. The van der Waals surface area contributed by atoms with Gasteiger partial charge in [0, 0.05) is 19.3 Å². The maximum atomic E-state index is 15.3. The Labute approximate surface area is 292 Å². The first-order chi connectivity index (χ1) is 22.8. The van der Waals surface area contributed by atoms with Crippen LogP contribution in [0.5, 0.6) is 0 Å². The van der Waals surface area contributed by atoms with Crippen molar-refractivity contribution in [1.29, 1.82) is 0 Å². The number of fused-ring (bicyclic) bond motifs is 1. The zero-order chi connectivity index (χ0) is 37.8. The van der Waals surface area contributed by atoms with Crippen molar-refractivity contribution in [2.75, 3.05) is 18.0 Å². The summed E-state index contributed by atoms with van der Waals surface area (Å²) < 4.78 is 85.9. The van der Waals surface area contributed by atoms with Crippen LogP contribution >= 0.6 is 0 Å². The molecule has 3 heterocycles. The molecule has 50 heavy (non-hydrogen) atoms. The predicted octanol–water partition coefficient (Wildman–Crippen LogP) is 8.34. The van der Waals surface area contributed by atoms with Crippen molar-refractivity contribution in [3.05, 3.63) is 63.9 Å². The number of nitrogens with one attached hydrogen (secondary N) is 1. The average Bonchev–Trinajstić information content (AvgIpc) is 3.35. The maximum absolute atomic E-state index is 15.3. The van der Waals surface area contributed by atoms with E-state index < -0.39 is 69.5 Å². The quantitative estimate of drug-likeness (QED) is 0.176. The van der Waals surface area contributed by atoms with Crippen LogP contribution in [0, 0.1) is 11.6 Å². The monoisotopic (exact) mass is 740 g/mol. The number of nitrogens with zero attached hydrogens (tertiary/aromatic N) is 3. The van der Waals surface area contributed by atoms with Gasteiger partial charge in [0.15, 0.2) is 22.3 Å². The number of aromatic nitrogens is 2. The van der Waals surface area contributed by atoms with Gasteiger partial charge in [-0.3, -0.25) is 14.2 Å². The van der Waals surface area contributed by atoms with Gasteiger partial charge in [0.05, 0.1) is 17.6 Å². The number of alkyl halides is 3. The minimum atomic E-state index is -4.78. The fraction of sp³-hybridized carbons (Fsp3) is 0.571. The number of amides is 1. The van der Waals surface area contributed by atoms with Crippen molar-refractivity contribution in [2.24, 2.45) is 0 Å². The average molecular weight is 741 g/mol. The number of benzene rings is 1. The summed E-state index contributed by atoms with van der Waals surface area (Å²) in [7, 11) is -4.55. The highest BCUT2D eigenvalue weighted by Crippen LogP contribution is 2.42. The molecule has 3 atom stereocenters. The summed E-state index contributed by atoms with van der Waals surface area (Å²) in [5.74, 6) is -3.01. The lowest BCUT2D eigenvalue weighted by molar-refractivity contribution is -0.153. The number of carbonyl (C=O) groups is 1. The van der Waals surface area contributed by atoms with Gasteiger partial charge in [-0.2, -0.15) is 13.2 Å². The Hall–Kier alpha value is -3.15. The lowest BCUT2D eigenvalue weighted by Crippen LogP contribution is -2.51. The fourth-order valence-electron chi connectivity index (χ4n) is 5.34. The number of rotatable bonds is 9. The molecule has 0 unspecified atom stereocenters. The van der Waals surface area contributed by atoms with Crippen LogP contribution in [0.3, 0.4) is 0 Å². The van der Waals surface area contributed by atoms with E-state index in [-0.39, 0.29) is 33.3 Å². The first-order valence-electron chi connectivity index (χ1n) is 16.8. The summed E-state index contributed by atoms with van der Waals surface area (Å²) >= 11 is 0. The van der Waals surface area contributed by atoms with E-state index in [1.165, 1.54) is 13.0 Å². The minimum Gasteiger partial charge on any atom is -0.409 e. The topological polar surface area (TPSA) is 85.7 Å². The van der Waals surface area contributed by atoms with Crippen LogP contribution in [0.4, 0.5) is 27.8 Å². The number of hydrogen-bond acceptors (Lipinski definition) is 6. The Bertz CT molecular complexity index is 1740. The van der Waals surface area contributed by atoms with Crippen molar-refractivity contribution in [2.45, 2.75) is 116 Å². The molecule has 4 rings (SSSR count). The van der Waals surface area contributed by atoms with Gasteiger partial charge in [0.25, 0.3) is 5.91 Å². The third-order valence-corrected chi connectivity index (χ3v) is 19.4. The van der Waals surface area contributed by atoms with Gasteiger partial charge in [0.1, 0.15) is 34.7 Å². The van der Waals surface area contributed by atoms with Crippen molar-refractivity contribution >= 4 is 39.4 Å². The Morgan fingerprint density at radius 2 is 1.42 bits per heavy atom. The zero-order valence-corrected chi connectivity index (χ0v) is 32.7. The standard InChI is InChI=1S/C35H49F5N4O4Si2/c1-12-27(35(38,39)40)41-32(46)22-18-44(29-23(36)14-13-15-24(29)37)31-21(30(22)45)16-17-28(42-31)43-19-25(47-49(8,9)33(2,3)4)26(20-43)48-50(10,11)34(5,6)7/h13-18,25-27H,12,19-20H2,1-11H3,(H,41,46)/t25-,26-,27-/m1/s1. The van der Waals surface area contributed by atoms with E-state index in [1.54, 1.807) is 6.07 Å². The first-order valence-corrected chi connectivity index (χ1v) is 22.6. The number of halogens is 5. The highest BCUT2D eigenvalue weighted by atomic mass is 28.4. The Morgan fingerprint density at radius 1 is 0.920 bits per heavy atom. The number of para-hydroxylation sites is 1. The second-order valence-corrected chi connectivity index (χ2v) is 25.6. The summed E-state index contributed by atoms with van der Waals surface area (Å²) in [4.78, 5) is 33.4. The van der Waals surface area contributed by atoms with Crippen LogP contribution in [0.15, 0.2) is 41.3 Å². The van der Waals surface area contributed by atoms with Crippen molar-refractivity contribution in [3.63, 3.8) is 0 Å².